The van der Waals surface area contributed by atoms with Crippen molar-refractivity contribution in [1.29, 1.82) is 0 Å². The summed E-state index contributed by atoms with van der Waals surface area (Å²) in [6.45, 7) is 2.09. The zero-order chi connectivity index (χ0) is 14.7. The van der Waals surface area contributed by atoms with Gasteiger partial charge in [0, 0.05) is 5.02 Å². The standard InChI is InChI=1S/C14H13BrCl2N2O/c1-3-4-10-12(15)13(17)19-14(18-10)9-6-5-8(16)7-11(9)20-2/h5-7H,3-4H2,1-2H3. The van der Waals surface area contributed by atoms with Crippen LogP contribution in [0.1, 0.15) is 19.0 Å². The molecule has 0 bridgehead atoms. The van der Waals surface area contributed by atoms with Crippen molar-refractivity contribution in [1.82, 2.24) is 9.97 Å². The SMILES string of the molecule is CCCc1nc(-c2ccc(Cl)cc2OC)nc(Cl)c1Br. The maximum Gasteiger partial charge on any atom is 0.164 e. The van der Waals surface area contributed by atoms with Crippen LogP contribution in [-0.4, -0.2) is 17.1 Å². The van der Waals surface area contributed by atoms with Gasteiger partial charge in [-0.3, -0.25) is 0 Å². The molecule has 1 aromatic heterocycles. The average Bonchev–Trinajstić information content (AvgIpc) is 2.43. The molecule has 0 aliphatic rings. The summed E-state index contributed by atoms with van der Waals surface area (Å²) in [6.07, 6.45) is 1.80. The Morgan fingerprint density at radius 1 is 1.25 bits per heavy atom. The molecule has 0 aliphatic carbocycles. The molecule has 0 amide bonds. The molecular weight excluding hydrogens is 363 g/mol. The number of rotatable bonds is 4. The average molecular weight is 376 g/mol. The van der Waals surface area contributed by atoms with Gasteiger partial charge in [-0.05, 0) is 40.5 Å². The minimum atomic E-state index is 0.399. The van der Waals surface area contributed by atoms with Crippen LogP contribution in [0.25, 0.3) is 11.4 Å². The Kier molecular flexibility index (Phi) is 5.24. The molecule has 1 aromatic carbocycles. The van der Waals surface area contributed by atoms with E-state index in [1.807, 2.05) is 6.07 Å². The molecule has 1 heterocycles. The fraction of sp³-hybridized carbons (Fsp3) is 0.286. The van der Waals surface area contributed by atoms with Crippen molar-refractivity contribution < 1.29 is 4.74 Å². The van der Waals surface area contributed by atoms with Crippen molar-refractivity contribution in [2.75, 3.05) is 7.11 Å². The minimum Gasteiger partial charge on any atom is -0.496 e. The number of ether oxygens (including phenoxy) is 1. The van der Waals surface area contributed by atoms with E-state index >= 15 is 0 Å². The van der Waals surface area contributed by atoms with Gasteiger partial charge in [-0.15, -0.1) is 0 Å². The maximum atomic E-state index is 6.17. The molecule has 0 N–H and O–H groups in total. The van der Waals surface area contributed by atoms with Gasteiger partial charge >= 0.3 is 0 Å². The Hall–Kier alpha value is -0.840. The second-order valence-electron chi connectivity index (χ2n) is 4.19. The van der Waals surface area contributed by atoms with Gasteiger partial charge in [-0.25, -0.2) is 9.97 Å². The van der Waals surface area contributed by atoms with E-state index in [4.69, 9.17) is 27.9 Å². The van der Waals surface area contributed by atoms with Crippen LogP contribution in [0.15, 0.2) is 22.7 Å². The Morgan fingerprint density at radius 3 is 2.65 bits per heavy atom. The Morgan fingerprint density at radius 2 is 2.00 bits per heavy atom. The van der Waals surface area contributed by atoms with Gasteiger partial charge in [0.25, 0.3) is 0 Å². The molecule has 106 valence electrons. The van der Waals surface area contributed by atoms with E-state index in [0.29, 0.717) is 21.7 Å². The first kappa shape index (κ1) is 15.5. The van der Waals surface area contributed by atoms with Crippen molar-refractivity contribution >= 4 is 39.1 Å². The summed E-state index contributed by atoms with van der Waals surface area (Å²) in [5.41, 5.74) is 1.66. The van der Waals surface area contributed by atoms with Crippen LogP contribution in [0.3, 0.4) is 0 Å². The van der Waals surface area contributed by atoms with Crippen molar-refractivity contribution in [3.8, 4) is 17.1 Å². The Labute approximate surface area is 136 Å². The van der Waals surface area contributed by atoms with Crippen LogP contribution in [0.4, 0.5) is 0 Å². The number of hydrogen-bond acceptors (Lipinski definition) is 3. The van der Waals surface area contributed by atoms with Gasteiger partial charge in [-0.2, -0.15) is 0 Å². The van der Waals surface area contributed by atoms with E-state index in [2.05, 4.69) is 32.8 Å². The summed E-state index contributed by atoms with van der Waals surface area (Å²) in [6, 6.07) is 5.34. The normalized spacial score (nSPS) is 10.7. The number of benzene rings is 1. The van der Waals surface area contributed by atoms with Crippen molar-refractivity contribution in [2.45, 2.75) is 19.8 Å². The molecule has 0 aliphatic heterocycles. The Bertz CT molecular complexity index is 635. The largest absolute Gasteiger partial charge is 0.496 e. The first-order valence-electron chi connectivity index (χ1n) is 6.12. The summed E-state index contributed by atoms with van der Waals surface area (Å²) in [5.74, 6) is 1.16. The second-order valence-corrected chi connectivity index (χ2v) is 5.78. The molecule has 0 atom stereocenters. The number of hydrogen-bond donors (Lipinski definition) is 0. The third-order valence-corrected chi connectivity index (χ3v) is 4.34. The van der Waals surface area contributed by atoms with Gasteiger partial charge in [0.05, 0.1) is 22.8 Å². The quantitative estimate of drug-likeness (QED) is 0.691. The van der Waals surface area contributed by atoms with Crippen LogP contribution >= 0.6 is 39.1 Å². The third kappa shape index (κ3) is 3.25. The van der Waals surface area contributed by atoms with Crippen LogP contribution in [0.5, 0.6) is 5.75 Å². The molecule has 2 aromatic rings. The topological polar surface area (TPSA) is 35.0 Å². The van der Waals surface area contributed by atoms with E-state index in [1.165, 1.54) is 0 Å². The molecule has 0 spiro atoms. The Balaban J connectivity index is 2.58. The molecule has 0 saturated carbocycles. The molecule has 0 saturated heterocycles. The van der Waals surface area contributed by atoms with E-state index in [9.17, 15) is 0 Å². The molecular formula is C14H13BrCl2N2O. The van der Waals surface area contributed by atoms with Crippen LogP contribution in [-0.2, 0) is 6.42 Å². The summed E-state index contributed by atoms with van der Waals surface area (Å²) in [4.78, 5) is 8.87. The summed E-state index contributed by atoms with van der Waals surface area (Å²) in [7, 11) is 1.59. The molecule has 0 radical (unpaired) electrons. The van der Waals surface area contributed by atoms with E-state index in [0.717, 1.165) is 28.6 Å². The molecule has 6 heteroatoms. The molecule has 0 fully saturated rings. The smallest absolute Gasteiger partial charge is 0.164 e. The highest BCUT2D eigenvalue weighted by molar-refractivity contribution is 9.10. The molecule has 3 nitrogen and oxygen atoms in total. The van der Waals surface area contributed by atoms with Gasteiger partial charge in [-0.1, -0.05) is 36.5 Å². The molecule has 0 unspecified atom stereocenters. The highest BCUT2D eigenvalue weighted by atomic mass is 79.9. The lowest BCUT2D eigenvalue weighted by atomic mass is 10.1. The van der Waals surface area contributed by atoms with Gasteiger partial charge < -0.3 is 4.74 Å². The number of methoxy groups -OCH3 is 1. The fourth-order valence-electron chi connectivity index (χ4n) is 1.84. The third-order valence-electron chi connectivity index (χ3n) is 2.77. The lowest BCUT2D eigenvalue weighted by Gasteiger charge is -2.11. The molecule has 20 heavy (non-hydrogen) atoms. The first-order valence-corrected chi connectivity index (χ1v) is 7.67. The number of halogens is 3. The van der Waals surface area contributed by atoms with Crippen LogP contribution in [0, 0.1) is 0 Å². The van der Waals surface area contributed by atoms with E-state index < -0.39 is 0 Å². The maximum absolute atomic E-state index is 6.17. The zero-order valence-corrected chi connectivity index (χ0v) is 14.2. The van der Waals surface area contributed by atoms with Gasteiger partial charge in [0.15, 0.2) is 5.82 Å². The zero-order valence-electron chi connectivity index (χ0n) is 11.1. The van der Waals surface area contributed by atoms with E-state index in [-0.39, 0.29) is 0 Å². The van der Waals surface area contributed by atoms with Crippen LogP contribution in [0.2, 0.25) is 10.2 Å². The summed E-state index contributed by atoms with van der Waals surface area (Å²) in [5, 5.41) is 0.998. The summed E-state index contributed by atoms with van der Waals surface area (Å²) < 4.78 is 6.08. The van der Waals surface area contributed by atoms with E-state index in [1.54, 1.807) is 19.2 Å². The lowest BCUT2D eigenvalue weighted by molar-refractivity contribution is 0.416. The number of nitrogens with zero attached hydrogens (tertiary/aromatic N) is 2. The second kappa shape index (κ2) is 6.74. The highest BCUT2D eigenvalue weighted by Crippen LogP contribution is 2.33. The molecule has 2 rings (SSSR count). The van der Waals surface area contributed by atoms with Crippen LogP contribution < -0.4 is 4.74 Å². The van der Waals surface area contributed by atoms with Crippen molar-refractivity contribution in [3.63, 3.8) is 0 Å². The first-order chi connectivity index (χ1) is 9.56. The fourth-order valence-corrected chi connectivity index (χ4v) is 2.56. The lowest BCUT2D eigenvalue weighted by Crippen LogP contribution is -2.00. The van der Waals surface area contributed by atoms with Crippen molar-refractivity contribution in [2.24, 2.45) is 0 Å². The monoisotopic (exact) mass is 374 g/mol. The highest BCUT2D eigenvalue weighted by Gasteiger charge is 2.15. The minimum absolute atomic E-state index is 0.399. The van der Waals surface area contributed by atoms with Gasteiger partial charge in [0.1, 0.15) is 10.9 Å². The van der Waals surface area contributed by atoms with Crippen molar-refractivity contribution in [3.05, 3.63) is 38.5 Å². The predicted molar refractivity (Wildman–Crippen MR) is 85.7 cm³/mol. The predicted octanol–water partition coefficient (Wildman–Crippen LogP) is 5.17. The van der Waals surface area contributed by atoms with Gasteiger partial charge in [0.2, 0.25) is 0 Å². The summed E-state index contributed by atoms with van der Waals surface area (Å²) >= 11 is 15.6. The number of aromatic nitrogens is 2. The number of aryl methyl sites for hydroxylation is 1.